The number of nitrogens with one attached hydrogen (secondary N) is 1. The zero-order valence-corrected chi connectivity index (χ0v) is 15.7. The highest BCUT2D eigenvalue weighted by Gasteiger charge is 2.15. The Bertz CT molecular complexity index is 1270. The van der Waals surface area contributed by atoms with E-state index in [1.54, 1.807) is 25.1 Å². The van der Waals surface area contributed by atoms with Crippen molar-refractivity contribution in [2.24, 2.45) is 0 Å². The molecule has 146 valence electrons. The summed E-state index contributed by atoms with van der Waals surface area (Å²) in [5.74, 6) is -2.03. The number of ether oxygens (including phenoxy) is 1. The van der Waals surface area contributed by atoms with E-state index < -0.39 is 17.5 Å². The third-order valence-electron chi connectivity index (χ3n) is 4.28. The average molecular weight is 414 g/mol. The van der Waals surface area contributed by atoms with Crippen LogP contribution in [0, 0.1) is 12.7 Å². The number of carbonyl (C=O) groups is 1. The number of hydrogen-bond donors (Lipinski definition) is 3. The van der Waals surface area contributed by atoms with Crippen molar-refractivity contribution in [3.05, 3.63) is 64.4 Å². The SMILES string of the molecule is Cc1ccc(Oc2nc3nc(-c4ccc(O)c(F)c4)c(Cl)cc3[nH]2)cc1C(=O)O. The number of rotatable bonds is 4. The molecular formula is C20H13ClFN3O4. The molecule has 0 saturated carbocycles. The van der Waals surface area contributed by atoms with Gasteiger partial charge in [0.05, 0.1) is 21.8 Å². The molecule has 0 atom stereocenters. The Morgan fingerprint density at radius 2 is 1.97 bits per heavy atom. The number of aromatic nitrogens is 3. The third kappa shape index (κ3) is 3.57. The summed E-state index contributed by atoms with van der Waals surface area (Å²) in [5.41, 5.74) is 2.16. The molecule has 4 aromatic rings. The molecule has 7 nitrogen and oxygen atoms in total. The number of halogens is 2. The zero-order valence-electron chi connectivity index (χ0n) is 14.9. The standard InChI is InChI=1S/C20H13ClFN3O4/c1-9-2-4-11(7-12(9)19(27)28)29-20-23-15-8-13(21)17(24-18(15)25-20)10-3-5-16(26)14(22)6-10/h2-8,26H,1H3,(H,27,28)(H,23,24,25). The van der Waals surface area contributed by atoms with Gasteiger partial charge in [-0.05, 0) is 48.9 Å². The van der Waals surface area contributed by atoms with Gasteiger partial charge >= 0.3 is 12.0 Å². The molecule has 4 rings (SSSR count). The predicted octanol–water partition coefficient (Wildman–Crippen LogP) is 4.92. The number of phenolic OH excluding ortho intramolecular Hbond substituents is 1. The number of hydrogen-bond acceptors (Lipinski definition) is 5. The lowest BCUT2D eigenvalue weighted by atomic mass is 10.1. The van der Waals surface area contributed by atoms with Crippen LogP contribution < -0.4 is 4.74 Å². The molecule has 0 unspecified atom stereocenters. The molecular weight excluding hydrogens is 401 g/mol. The summed E-state index contributed by atoms with van der Waals surface area (Å²) in [7, 11) is 0. The maximum Gasteiger partial charge on any atom is 0.336 e. The van der Waals surface area contributed by atoms with Gasteiger partial charge < -0.3 is 19.9 Å². The number of aromatic carboxylic acids is 1. The summed E-state index contributed by atoms with van der Waals surface area (Å²) < 4.78 is 19.3. The van der Waals surface area contributed by atoms with Crippen molar-refractivity contribution in [1.29, 1.82) is 0 Å². The van der Waals surface area contributed by atoms with Gasteiger partial charge in [0.15, 0.2) is 17.2 Å². The average Bonchev–Trinajstić information content (AvgIpc) is 3.05. The summed E-state index contributed by atoms with van der Waals surface area (Å²) in [6, 6.07) is 10.1. The number of H-pyrrole nitrogens is 1. The van der Waals surface area contributed by atoms with Gasteiger partial charge in [0.2, 0.25) is 0 Å². The fraction of sp³-hybridized carbons (Fsp3) is 0.0500. The second kappa shape index (κ2) is 7.06. The lowest BCUT2D eigenvalue weighted by Gasteiger charge is -2.05. The molecule has 2 aromatic carbocycles. The van der Waals surface area contributed by atoms with E-state index >= 15 is 0 Å². The van der Waals surface area contributed by atoms with E-state index in [0.717, 1.165) is 6.07 Å². The van der Waals surface area contributed by atoms with Crippen LogP contribution in [-0.2, 0) is 0 Å². The largest absolute Gasteiger partial charge is 0.505 e. The van der Waals surface area contributed by atoms with Crippen molar-refractivity contribution in [3.8, 4) is 28.8 Å². The second-order valence-electron chi connectivity index (χ2n) is 6.28. The van der Waals surface area contributed by atoms with Gasteiger partial charge in [-0.3, -0.25) is 0 Å². The van der Waals surface area contributed by atoms with Crippen LogP contribution in [0.5, 0.6) is 17.5 Å². The number of pyridine rings is 1. The summed E-state index contributed by atoms with van der Waals surface area (Å²) in [6.45, 7) is 1.69. The van der Waals surface area contributed by atoms with E-state index in [-0.39, 0.29) is 22.2 Å². The maximum atomic E-state index is 13.7. The monoisotopic (exact) mass is 413 g/mol. The fourth-order valence-corrected chi connectivity index (χ4v) is 3.07. The van der Waals surface area contributed by atoms with E-state index in [4.69, 9.17) is 16.3 Å². The molecule has 0 radical (unpaired) electrons. The van der Waals surface area contributed by atoms with Gasteiger partial charge in [-0.2, -0.15) is 4.98 Å². The Hall–Kier alpha value is -3.65. The first kappa shape index (κ1) is 18.7. The number of aromatic amines is 1. The molecule has 0 aliphatic rings. The molecule has 0 saturated heterocycles. The van der Waals surface area contributed by atoms with Crippen molar-refractivity contribution in [1.82, 2.24) is 15.0 Å². The molecule has 0 amide bonds. The van der Waals surface area contributed by atoms with Crippen LogP contribution >= 0.6 is 11.6 Å². The number of phenols is 1. The summed E-state index contributed by atoms with van der Waals surface area (Å²) >= 11 is 6.27. The van der Waals surface area contributed by atoms with Crippen LogP contribution in [0.15, 0.2) is 42.5 Å². The van der Waals surface area contributed by atoms with Gasteiger partial charge in [0, 0.05) is 5.56 Å². The minimum Gasteiger partial charge on any atom is -0.505 e. The van der Waals surface area contributed by atoms with Gasteiger partial charge in [-0.15, -0.1) is 0 Å². The van der Waals surface area contributed by atoms with Crippen LogP contribution in [0.4, 0.5) is 4.39 Å². The first-order valence-electron chi connectivity index (χ1n) is 8.39. The molecule has 9 heteroatoms. The van der Waals surface area contributed by atoms with Crippen molar-refractivity contribution in [2.75, 3.05) is 0 Å². The smallest absolute Gasteiger partial charge is 0.336 e. The number of carboxylic acids is 1. The molecule has 3 N–H and O–H groups in total. The summed E-state index contributed by atoms with van der Waals surface area (Å²) in [6.07, 6.45) is 0. The minimum absolute atomic E-state index is 0.0952. The highest BCUT2D eigenvalue weighted by Crippen LogP contribution is 2.32. The normalized spacial score (nSPS) is 11.0. The Kier molecular flexibility index (Phi) is 4.56. The Morgan fingerprint density at radius 1 is 1.17 bits per heavy atom. The minimum atomic E-state index is -1.06. The fourth-order valence-electron chi connectivity index (χ4n) is 2.81. The predicted molar refractivity (Wildman–Crippen MR) is 104 cm³/mol. The Balaban J connectivity index is 1.71. The highest BCUT2D eigenvalue weighted by molar-refractivity contribution is 6.33. The number of benzene rings is 2. The summed E-state index contributed by atoms with van der Waals surface area (Å²) in [4.78, 5) is 22.8. The molecule has 2 aromatic heterocycles. The van der Waals surface area contributed by atoms with Gasteiger partial charge in [-0.25, -0.2) is 14.2 Å². The number of carboxylic acid groups (broad SMARTS) is 1. The molecule has 0 aliphatic heterocycles. The van der Waals surface area contributed by atoms with Crippen LogP contribution in [0.2, 0.25) is 5.02 Å². The summed E-state index contributed by atoms with van der Waals surface area (Å²) in [5, 5.41) is 18.8. The number of imidazole rings is 1. The van der Waals surface area contributed by atoms with E-state index in [2.05, 4.69) is 15.0 Å². The second-order valence-corrected chi connectivity index (χ2v) is 6.69. The van der Waals surface area contributed by atoms with Crippen LogP contribution in [0.3, 0.4) is 0 Å². The van der Waals surface area contributed by atoms with Crippen molar-refractivity contribution in [2.45, 2.75) is 6.92 Å². The molecule has 0 fully saturated rings. The van der Waals surface area contributed by atoms with E-state index in [1.807, 2.05) is 0 Å². The molecule has 2 heterocycles. The van der Waals surface area contributed by atoms with E-state index in [0.29, 0.717) is 28.1 Å². The number of nitrogens with zero attached hydrogens (tertiary/aromatic N) is 2. The Morgan fingerprint density at radius 3 is 2.69 bits per heavy atom. The third-order valence-corrected chi connectivity index (χ3v) is 4.57. The Labute approximate surface area is 168 Å². The molecule has 0 aliphatic carbocycles. The lowest BCUT2D eigenvalue weighted by Crippen LogP contribution is -2.00. The quantitative estimate of drug-likeness (QED) is 0.438. The van der Waals surface area contributed by atoms with E-state index in [1.165, 1.54) is 18.2 Å². The van der Waals surface area contributed by atoms with Gasteiger partial charge in [-0.1, -0.05) is 17.7 Å². The molecule has 29 heavy (non-hydrogen) atoms. The van der Waals surface area contributed by atoms with Crippen molar-refractivity contribution in [3.63, 3.8) is 0 Å². The highest BCUT2D eigenvalue weighted by atomic mass is 35.5. The molecule has 0 bridgehead atoms. The first-order valence-corrected chi connectivity index (χ1v) is 8.76. The topological polar surface area (TPSA) is 108 Å². The lowest BCUT2D eigenvalue weighted by molar-refractivity contribution is 0.0695. The van der Waals surface area contributed by atoms with Gasteiger partial charge in [0.25, 0.3) is 0 Å². The number of aromatic hydroxyl groups is 1. The molecule has 0 spiro atoms. The first-order chi connectivity index (χ1) is 13.8. The van der Waals surface area contributed by atoms with Gasteiger partial charge in [0.1, 0.15) is 5.75 Å². The number of aryl methyl sites for hydroxylation is 1. The van der Waals surface area contributed by atoms with Crippen LogP contribution in [0.1, 0.15) is 15.9 Å². The van der Waals surface area contributed by atoms with E-state index in [9.17, 15) is 19.4 Å². The van der Waals surface area contributed by atoms with Crippen molar-refractivity contribution >= 4 is 28.7 Å². The van der Waals surface area contributed by atoms with Crippen LogP contribution in [-0.4, -0.2) is 31.1 Å². The van der Waals surface area contributed by atoms with Crippen molar-refractivity contribution < 1.29 is 24.1 Å². The zero-order chi connectivity index (χ0) is 20.7. The maximum absolute atomic E-state index is 13.7. The number of fused-ring (bicyclic) bond motifs is 1. The van der Waals surface area contributed by atoms with Crippen LogP contribution in [0.25, 0.3) is 22.4 Å².